The molecule has 6 nitrogen and oxygen atoms in total. The second kappa shape index (κ2) is 18.1. The normalized spacial score (nSPS) is 12.5. The molecule has 0 radical (unpaired) electrons. The second-order valence-corrected chi connectivity index (χ2v) is 11.7. The number of benzene rings is 3. The number of carbonyl (C=O) groups excluding carboxylic acids is 2. The average molecular weight is 603 g/mol. The summed E-state index contributed by atoms with van der Waals surface area (Å²) in [5.41, 5.74) is 0.747. The summed E-state index contributed by atoms with van der Waals surface area (Å²) < 4.78 is 24.6. The van der Waals surface area contributed by atoms with Crippen LogP contribution in [0.2, 0.25) is 0 Å². The van der Waals surface area contributed by atoms with Gasteiger partial charge in [0.2, 0.25) is 0 Å². The van der Waals surface area contributed by atoms with Crippen molar-refractivity contribution < 1.29 is 28.5 Å². The Kier molecular flexibility index (Phi) is 14.3. The highest BCUT2D eigenvalue weighted by Gasteiger charge is 2.22. The van der Waals surface area contributed by atoms with E-state index in [0.29, 0.717) is 11.1 Å². The van der Waals surface area contributed by atoms with Crippen molar-refractivity contribution in [3.05, 3.63) is 72.8 Å². The summed E-state index contributed by atoms with van der Waals surface area (Å²) in [6, 6.07) is 16.0. The summed E-state index contributed by atoms with van der Waals surface area (Å²) in [5, 5.41) is 3.59. The lowest BCUT2D eigenvalue weighted by molar-refractivity contribution is -0.147. The fourth-order valence-corrected chi connectivity index (χ4v) is 5.17. The van der Waals surface area contributed by atoms with Crippen LogP contribution >= 0.6 is 0 Å². The number of fused-ring (bicyclic) bond motifs is 2. The topological polar surface area (TPSA) is 71.1 Å². The van der Waals surface area contributed by atoms with Crippen LogP contribution in [-0.4, -0.2) is 37.4 Å². The van der Waals surface area contributed by atoms with Gasteiger partial charge in [-0.25, -0.2) is 9.59 Å². The van der Waals surface area contributed by atoms with Crippen molar-refractivity contribution in [2.45, 2.75) is 104 Å². The molecule has 0 aliphatic rings. The van der Waals surface area contributed by atoms with Gasteiger partial charge in [0.15, 0.2) is 0 Å². The fraction of sp³-hybridized carbons (Fsp3) is 0.474. The Morgan fingerprint density at radius 3 is 1.23 bits per heavy atom. The highest BCUT2D eigenvalue weighted by atomic mass is 16.6. The molecule has 2 atom stereocenters. The molecule has 0 fully saturated rings. The molecule has 6 heteroatoms. The molecule has 0 amide bonds. The molecule has 0 aliphatic carbocycles. The molecule has 0 spiro atoms. The Hall–Kier alpha value is -3.80. The number of ether oxygens (including phenoxy) is 4. The molecule has 44 heavy (non-hydrogen) atoms. The predicted octanol–water partition coefficient (Wildman–Crippen LogP) is 9.67. The SMILES string of the molecule is C=C(C)C(=O)OC(CCCCCC)COc1c2ccccc2c(OCC(CCCCCC)OC(=O)C(=C)C)c2ccccc12. The van der Waals surface area contributed by atoms with E-state index in [1.165, 1.54) is 0 Å². The van der Waals surface area contributed by atoms with Crippen LogP contribution in [0.3, 0.4) is 0 Å². The smallest absolute Gasteiger partial charge is 0.333 e. The molecule has 0 saturated carbocycles. The van der Waals surface area contributed by atoms with Crippen LogP contribution in [0, 0.1) is 0 Å². The van der Waals surface area contributed by atoms with E-state index in [-0.39, 0.29) is 25.4 Å². The highest BCUT2D eigenvalue weighted by molar-refractivity contribution is 6.11. The van der Waals surface area contributed by atoms with Crippen LogP contribution in [-0.2, 0) is 19.1 Å². The molecular weight excluding hydrogens is 552 g/mol. The van der Waals surface area contributed by atoms with Crippen molar-refractivity contribution in [2.75, 3.05) is 13.2 Å². The van der Waals surface area contributed by atoms with Gasteiger partial charge in [-0.3, -0.25) is 0 Å². The van der Waals surface area contributed by atoms with Crippen LogP contribution in [0.4, 0.5) is 0 Å². The summed E-state index contributed by atoms with van der Waals surface area (Å²) in [7, 11) is 0. The number of carbonyl (C=O) groups is 2. The van der Waals surface area contributed by atoms with Crippen LogP contribution in [0.5, 0.6) is 11.5 Å². The molecule has 0 bridgehead atoms. The van der Waals surface area contributed by atoms with E-state index in [4.69, 9.17) is 18.9 Å². The Bertz CT molecular complexity index is 1240. The van der Waals surface area contributed by atoms with Crippen molar-refractivity contribution in [2.24, 2.45) is 0 Å². The third-order valence-corrected chi connectivity index (χ3v) is 7.66. The maximum atomic E-state index is 12.4. The predicted molar refractivity (Wildman–Crippen MR) is 179 cm³/mol. The zero-order valence-electron chi connectivity index (χ0n) is 27.1. The lowest BCUT2D eigenvalue weighted by Gasteiger charge is -2.23. The summed E-state index contributed by atoms with van der Waals surface area (Å²) >= 11 is 0. The van der Waals surface area contributed by atoms with Crippen LogP contribution in [0.15, 0.2) is 72.8 Å². The van der Waals surface area contributed by atoms with E-state index >= 15 is 0 Å². The third-order valence-electron chi connectivity index (χ3n) is 7.66. The van der Waals surface area contributed by atoms with E-state index in [1.807, 2.05) is 48.5 Å². The van der Waals surface area contributed by atoms with Gasteiger partial charge >= 0.3 is 11.9 Å². The lowest BCUT2D eigenvalue weighted by atomic mass is 10.0. The minimum atomic E-state index is -0.399. The number of hydrogen-bond donors (Lipinski definition) is 0. The van der Waals surface area contributed by atoms with E-state index < -0.39 is 11.9 Å². The Balaban J connectivity index is 1.92. The zero-order valence-corrected chi connectivity index (χ0v) is 27.1. The minimum Gasteiger partial charge on any atom is -0.488 e. The molecule has 3 rings (SSSR count). The molecule has 0 N–H and O–H groups in total. The lowest BCUT2D eigenvalue weighted by Crippen LogP contribution is -2.26. The van der Waals surface area contributed by atoms with Gasteiger partial charge in [0.1, 0.15) is 36.9 Å². The first-order valence-corrected chi connectivity index (χ1v) is 16.2. The van der Waals surface area contributed by atoms with E-state index in [9.17, 15) is 9.59 Å². The van der Waals surface area contributed by atoms with Crippen molar-refractivity contribution in [3.63, 3.8) is 0 Å². The maximum absolute atomic E-state index is 12.4. The monoisotopic (exact) mass is 602 g/mol. The first-order chi connectivity index (χ1) is 21.3. The third kappa shape index (κ3) is 10.1. The van der Waals surface area contributed by atoms with E-state index in [0.717, 1.165) is 97.3 Å². The Morgan fingerprint density at radius 2 is 0.932 bits per heavy atom. The summed E-state index contributed by atoms with van der Waals surface area (Å²) in [5.74, 6) is 0.643. The van der Waals surface area contributed by atoms with Gasteiger partial charge < -0.3 is 18.9 Å². The Labute approximate surface area is 263 Å². The molecule has 238 valence electrons. The van der Waals surface area contributed by atoms with Crippen LogP contribution in [0.1, 0.15) is 91.9 Å². The van der Waals surface area contributed by atoms with Crippen molar-refractivity contribution >= 4 is 33.5 Å². The number of rotatable bonds is 20. The molecular formula is C38H50O6. The number of unbranched alkanes of at least 4 members (excludes halogenated alkanes) is 6. The average Bonchev–Trinajstić information content (AvgIpc) is 3.02. The molecule has 0 heterocycles. The largest absolute Gasteiger partial charge is 0.488 e. The van der Waals surface area contributed by atoms with Gasteiger partial charge in [0.05, 0.1) is 0 Å². The standard InChI is InChI=1S/C38H50O6/c1-7-9-11-13-19-29(43-37(39)27(3)4)25-41-35-31-21-15-17-23-33(31)36(34-24-18-16-22-32(34)35)42-26-30(20-14-12-10-8-2)44-38(40)28(5)6/h15-18,21-24,29-30H,3,5,7-14,19-20,25-26H2,1-2,4,6H3. The zero-order chi connectivity index (χ0) is 31.9. The molecule has 0 saturated heterocycles. The molecule has 0 aromatic heterocycles. The van der Waals surface area contributed by atoms with Gasteiger partial charge in [-0.1, -0.05) is 114 Å². The first kappa shape index (κ1) is 34.7. The van der Waals surface area contributed by atoms with Crippen molar-refractivity contribution in [1.29, 1.82) is 0 Å². The van der Waals surface area contributed by atoms with Gasteiger partial charge in [-0.05, 0) is 39.5 Å². The fourth-order valence-electron chi connectivity index (χ4n) is 5.17. The minimum absolute atomic E-state index is 0.232. The van der Waals surface area contributed by atoms with Crippen LogP contribution in [0.25, 0.3) is 21.5 Å². The Morgan fingerprint density at radius 1 is 0.591 bits per heavy atom. The highest BCUT2D eigenvalue weighted by Crippen LogP contribution is 2.43. The van der Waals surface area contributed by atoms with Gasteiger partial charge in [-0.15, -0.1) is 0 Å². The van der Waals surface area contributed by atoms with Crippen molar-refractivity contribution in [3.8, 4) is 11.5 Å². The summed E-state index contributed by atoms with van der Waals surface area (Å²) in [4.78, 5) is 24.8. The maximum Gasteiger partial charge on any atom is 0.333 e. The summed E-state index contributed by atoms with van der Waals surface area (Å²) in [6.45, 7) is 15.6. The molecule has 2 unspecified atom stereocenters. The first-order valence-electron chi connectivity index (χ1n) is 16.2. The number of hydrogen-bond acceptors (Lipinski definition) is 6. The van der Waals surface area contributed by atoms with Gasteiger partial charge in [0.25, 0.3) is 0 Å². The quantitative estimate of drug-likeness (QED) is 0.0555. The van der Waals surface area contributed by atoms with Gasteiger partial charge in [0, 0.05) is 32.7 Å². The summed E-state index contributed by atoms with van der Waals surface area (Å²) in [6.07, 6.45) is 9.29. The molecule has 0 aliphatic heterocycles. The van der Waals surface area contributed by atoms with E-state index in [2.05, 4.69) is 27.0 Å². The van der Waals surface area contributed by atoms with E-state index in [1.54, 1.807) is 13.8 Å². The number of esters is 2. The van der Waals surface area contributed by atoms with Crippen LogP contribution < -0.4 is 9.47 Å². The molecule has 3 aromatic carbocycles. The second-order valence-electron chi connectivity index (χ2n) is 11.7. The molecule has 3 aromatic rings. The van der Waals surface area contributed by atoms with Crippen molar-refractivity contribution in [1.82, 2.24) is 0 Å². The van der Waals surface area contributed by atoms with Gasteiger partial charge in [-0.2, -0.15) is 0 Å².